The van der Waals surface area contributed by atoms with Crippen LogP contribution in [0.3, 0.4) is 0 Å². The van der Waals surface area contributed by atoms with E-state index in [4.69, 9.17) is 16.3 Å². The van der Waals surface area contributed by atoms with Crippen LogP contribution in [0.1, 0.15) is 40.9 Å². The van der Waals surface area contributed by atoms with E-state index in [-0.39, 0.29) is 24.9 Å². The van der Waals surface area contributed by atoms with Crippen molar-refractivity contribution in [3.8, 4) is 5.75 Å². The molecule has 3 N–H and O–H groups in total. The largest absolute Gasteiger partial charge is 0.496 e. The molecule has 196 valence electrons. The number of carboxylic acid groups (broad SMARTS) is 1. The van der Waals surface area contributed by atoms with E-state index < -0.39 is 58.5 Å². The summed E-state index contributed by atoms with van der Waals surface area (Å²) in [6.07, 6.45) is 0.416. The predicted molar refractivity (Wildman–Crippen MR) is 132 cm³/mol. The van der Waals surface area contributed by atoms with Gasteiger partial charge in [0.25, 0.3) is 5.69 Å². The summed E-state index contributed by atoms with van der Waals surface area (Å²) in [6.45, 7) is 1.19. The normalized spacial score (nSPS) is 16.4. The molecule has 1 aliphatic heterocycles. The monoisotopic (exact) mass is 532 g/mol. The van der Waals surface area contributed by atoms with E-state index in [9.17, 15) is 34.4 Å². The third kappa shape index (κ3) is 6.33. The van der Waals surface area contributed by atoms with Crippen molar-refractivity contribution in [1.82, 2.24) is 15.5 Å². The first kappa shape index (κ1) is 27.4. The van der Waals surface area contributed by atoms with Crippen molar-refractivity contribution in [2.45, 2.75) is 25.8 Å². The lowest BCUT2D eigenvalue weighted by Crippen LogP contribution is -2.48. The minimum Gasteiger partial charge on any atom is -0.496 e. The Kier molecular flexibility index (Phi) is 8.66. The molecule has 2 aromatic carbocycles. The van der Waals surface area contributed by atoms with Gasteiger partial charge in [0.1, 0.15) is 17.9 Å². The summed E-state index contributed by atoms with van der Waals surface area (Å²) >= 11 is 6.09. The van der Waals surface area contributed by atoms with Crippen LogP contribution in [0.15, 0.2) is 36.4 Å². The summed E-state index contributed by atoms with van der Waals surface area (Å²) in [6, 6.07) is 6.80. The van der Waals surface area contributed by atoms with Crippen LogP contribution < -0.4 is 15.4 Å². The first-order valence-electron chi connectivity index (χ1n) is 11.3. The first-order chi connectivity index (χ1) is 17.5. The molecular formula is C24H25ClN4O8. The van der Waals surface area contributed by atoms with Gasteiger partial charge in [-0.25, -0.2) is 9.59 Å². The van der Waals surface area contributed by atoms with Gasteiger partial charge in [0, 0.05) is 17.6 Å². The second kappa shape index (κ2) is 11.7. The van der Waals surface area contributed by atoms with Crippen LogP contribution in [0.2, 0.25) is 5.02 Å². The molecule has 13 heteroatoms. The summed E-state index contributed by atoms with van der Waals surface area (Å²) in [4.78, 5) is 61.5. The lowest BCUT2D eigenvalue weighted by Gasteiger charge is -2.25. The van der Waals surface area contributed by atoms with E-state index in [2.05, 4.69) is 10.6 Å². The number of methoxy groups -OCH3 is 1. The zero-order valence-corrected chi connectivity index (χ0v) is 20.8. The fourth-order valence-corrected chi connectivity index (χ4v) is 4.27. The number of hydrogen-bond donors (Lipinski definition) is 3. The summed E-state index contributed by atoms with van der Waals surface area (Å²) in [5.41, 5.74) is -0.214. The third-order valence-electron chi connectivity index (χ3n) is 5.97. The predicted octanol–water partition coefficient (Wildman–Crippen LogP) is 2.93. The van der Waals surface area contributed by atoms with E-state index in [0.29, 0.717) is 16.3 Å². The topological polar surface area (TPSA) is 168 Å². The molecule has 2 aromatic rings. The Labute approximate surface area is 216 Å². The van der Waals surface area contributed by atoms with Gasteiger partial charge in [0.2, 0.25) is 11.8 Å². The summed E-state index contributed by atoms with van der Waals surface area (Å²) in [5, 5.41) is 26.3. The quantitative estimate of drug-likeness (QED) is 0.344. The van der Waals surface area contributed by atoms with Crippen LogP contribution in [0, 0.1) is 16.0 Å². The number of nitrogens with one attached hydrogen (secondary N) is 2. The Balaban J connectivity index is 1.85. The van der Waals surface area contributed by atoms with E-state index >= 15 is 0 Å². The number of carbonyl (C=O) groups excluding carboxylic acids is 3. The highest BCUT2D eigenvalue weighted by Crippen LogP contribution is 2.28. The van der Waals surface area contributed by atoms with E-state index in [1.54, 1.807) is 25.1 Å². The van der Waals surface area contributed by atoms with Gasteiger partial charge in [-0.05, 0) is 48.2 Å². The average Bonchev–Trinajstić information content (AvgIpc) is 3.00. The van der Waals surface area contributed by atoms with Crippen molar-refractivity contribution < 1.29 is 33.9 Å². The molecule has 1 saturated heterocycles. The molecule has 4 amide bonds. The maximum absolute atomic E-state index is 13.3. The SMILES string of the molecule is CC[C@@H](NC(=O)N1CC(=O)NCC(Cc2cc(Cl)ccc2OC)C1=O)c1ccc(C(=O)O)c([N+](=O)[O-])c1. The second-order valence-corrected chi connectivity index (χ2v) is 8.77. The van der Waals surface area contributed by atoms with Crippen LogP contribution >= 0.6 is 11.6 Å². The van der Waals surface area contributed by atoms with Gasteiger partial charge >= 0.3 is 12.0 Å². The van der Waals surface area contributed by atoms with Gasteiger partial charge < -0.3 is 20.5 Å². The maximum atomic E-state index is 13.3. The molecule has 1 fully saturated rings. The number of nitrogens with zero attached hydrogens (tertiary/aromatic N) is 2. The number of rotatable bonds is 8. The Morgan fingerprint density at radius 3 is 2.65 bits per heavy atom. The van der Waals surface area contributed by atoms with Crippen LogP contribution in [-0.4, -0.2) is 58.9 Å². The highest BCUT2D eigenvalue weighted by Gasteiger charge is 2.35. The molecule has 0 bridgehead atoms. The molecule has 0 spiro atoms. The number of nitro groups is 1. The lowest BCUT2D eigenvalue weighted by molar-refractivity contribution is -0.385. The van der Waals surface area contributed by atoms with Gasteiger partial charge in [-0.15, -0.1) is 0 Å². The third-order valence-corrected chi connectivity index (χ3v) is 6.21. The zero-order valence-electron chi connectivity index (χ0n) is 20.0. The molecule has 1 aliphatic rings. The number of hydrogen-bond acceptors (Lipinski definition) is 7. The Hall–Kier alpha value is -4.19. The average molecular weight is 533 g/mol. The van der Waals surface area contributed by atoms with Crippen molar-refractivity contribution in [1.29, 1.82) is 0 Å². The smallest absolute Gasteiger partial charge is 0.342 e. The highest BCUT2D eigenvalue weighted by atomic mass is 35.5. The summed E-state index contributed by atoms with van der Waals surface area (Å²) < 4.78 is 5.33. The maximum Gasteiger partial charge on any atom is 0.342 e. The molecule has 0 saturated carbocycles. The van der Waals surface area contributed by atoms with Gasteiger partial charge in [-0.2, -0.15) is 0 Å². The number of aromatic carboxylic acids is 1. The van der Waals surface area contributed by atoms with Gasteiger partial charge in [-0.3, -0.25) is 24.6 Å². The number of carbonyl (C=O) groups is 4. The number of carboxylic acids is 1. The minimum absolute atomic E-state index is 0.00281. The van der Waals surface area contributed by atoms with Crippen molar-refractivity contribution in [2.24, 2.45) is 5.92 Å². The van der Waals surface area contributed by atoms with Gasteiger partial charge in [0.05, 0.1) is 24.0 Å². The molecule has 0 radical (unpaired) electrons. The fraction of sp³-hybridized carbons (Fsp3) is 0.333. The number of halogens is 1. The number of benzene rings is 2. The number of amides is 4. The first-order valence-corrected chi connectivity index (χ1v) is 11.7. The molecular weight excluding hydrogens is 508 g/mol. The number of urea groups is 1. The molecule has 0 aliphatic carbocycles. The Morgan fingerprint density at radius 2 is 2.03 bits per heavy atom. The Morgan fingerprint density at radius 1 is 1.30 bits per heavy atom. The number of imide groups is 1. The molecule has 37 heavy (non-hydrogen) atoms. The fourth-order valence-electron chi connectivity index (χ4n) is 4.07. The van der Waals surface area contributed by atoms with E-state index in [1.165, 1.54) is 13.2 Å². The van der Waals surface area contributed by atoms with Crippen molar-refractivity contribution >= 4 is 41.1 Å². The standard InChI is InChI=1S/C24H25ClN4O8/c1-3-18(13-4-6-17(23(32)33)19(10-13)29(35)36)27-24(34)28-12-21(30)26-11-15(22(28)31)8-14-9-16(25)5-7-20(14)37-2/h4-7,9-10,15,18H,3,8,11-12H2,1-2H3,(H,26,30)(H,27,34)(H,32,33)/t15?,18-/m1/s1. The zero-order chi connectivity index (χ0) is 27.3. The summed E-state index contributed by atoms with van der Waals surface area (Å²) in [7, 11) is 1.47. The summed E-state index contributed by atoms with van der Waals surface area (Å²) in [5.74, 6) is -2.88. The van der Waals surface area contributed by atoms with Gasteiger partial charge in [-0.1, -0.05) is 24.6 Å². The minimum atomic E-state index is -1.46. The molecule has 2 atom stereocenters. The molecule has 1 heterocycles. The lowest BCUT2D eigenvalue weighted by atomic mass is 9.97. The Bertz CT molecular complexity index is 1250. The van der Waals surface area contributed by atoms with Crippen LogP contribution in [-0.2, 0) is 16.0 Å². The number of nitro benzene ring substituents is 1. The van der Waals surface area contributed by atoms with Crippen molar-refractivity contribution in [2.75, 3.05) is 20.2 Å². The van der Waals surface area contributed by atoms with Gasteiger partial charge in [0.15, 0.2) is 0 Å². The van der Waals surface area contributed by atoms with Crippen LogP contribution in [0.4, 0.5) is 10.5 Å². The van der Waals surface area contributed by atoms with Crippen LogP contribution in [0.5, 0.6) is 5.75 Å². The van der Waals surface area contributed by atoms with Crippen LogP contribution in [0.25, 0.3) is 0 Å². The highest BCUT2D eigenvalue weighted by molar-refractivity contribution is 6.30. The molecule has 0 aromatic heterocycles. The molecule has 3 rings (SSSR count). The van der Waals surface area contributed by atoms with Crippen molar-refractivity contribution in [3.63, 3.8) is 0 Å². The van der Waals surface area contributed by atoms with E-state index in [1.807, 2.05) is 0 Å². The van der Waals surface area contributed by atoms with Crippen molar-refractivity contribution in [3.05, 3.63) is 68.2 Å². The molecule has 12 nitrogen and oxygen atoms in total. The van der Waals surface area contributed by atoms with E-state index in [0.717, 1.165) is 17.0 Å². The second-order valence-electron chi connectivity index (χ2n) is 8.33. The molecule has 1 unspecified atom stereocenters. The number of ether oxygens (including phenoxy) is 1.